The van der Waals surface area contributed by atoms with Crippen molar-refractivity contribution in [3.63, 3.8) is 0 Å². The summed E-state index contributed by atoms with van der Waals surface area (Å²) in [6, 6.07) is 6.35. The minimum atomic E-state index is -1.58. The predicted octanol–water partition coefficient (Wildman–Crippen LogP) is 1.83. The predicted molar refractivity (Wildman–Crippen MR) is 106 cm³/mol. The maximum atomic E-state index is 13.3. The van der Waals surface area contributed by atoms with Gasteiger partial charge in [-0.05, 0) is 39.3 Å². The van der Waals surface area contributed by atoms with Crippen molar-refractivity contribution in [2.24, 2.45) is 0 Å². The van der Waals surface area contributed by atoms with E-state index in [-0.39, 0.29) is 36.7 Å². The van der Waals surface area contributed by atoms with Crippen LogP contribution in [-0.2, 0) is 19.1 Å². The van der Waals surface area contributed by atoms with E-state index >= 15 is 0 Å². The second kappa shape index (κ2) is 7.85. The van der Waals surface area contributed by atoms with Gasteiger partial charge in [0.05, 0.1) is 11.3 Å². The van der Waals surface area contributed by atoms with Crippen molar-refractivity contribution >= 4 is 29.4 Å². The van der Waals surface area contributed by atoms with Gasteiger partial charge in [0.2, 0.25) is 11.6 Å². The lowest BCUT2D eigenvalue weighted by Gasteiger charge is -2.50. The highest BCUT2D eigenvalue weighted by molar-refractivity contribution is 6.15. The van der Waals surface area contributed by atoms with Gasteiger partial charge in [0.25, 0.3) is 11.8 Å². The Labute approximate surface area is 170 Å². The Hall–Kier alpha value is -2.90. The van der Waals surface area contributed by atoms with Crippen molar-refractivity contribution in [1.82, 2.24) is 10.2 Å². The van der Waals surface area contributed by atoms with Gasteiger partial charge in [0.1, 0.15) is 0 Å². The molecule has 8 nitrogen and oxygen atoms in total. The highest BCUT2D eigenvalue weighted by Gasteiger charge is 2.62. The molecule has 0 radical (unpaired) electrons. The molecule has 8 heteroatoms. The van der Waals surface area contributed by atoms with Crippen LogP contribution in [0.2, 0.25) is 0 Å². The van der Waals surface area contributed by atoms with Crippen molar-refractivity contribution < 1.29 is 23.9 Å². The molecule has 3 rings (SSSR count). The Kier molecular flexibility index (Phi) is 5.64. The van der Waals surface area contributed by atoms with Crippen LogP contribution in [0.25, 0.3) is 0 Å². The molecular weight excluding hydrogens is 374 g/mol. The van der Waals surface area contributed by atoms with Gasteiger partial charge >= 0.3 is 5.97 Å². The van der Waals surface area contributed by atoms with Crippen molar-refractivity contribution in [3.8, 4) is 0 Å². The van der Waals surface area contributed by atoms with Crippen LogP contribution in [0.5, 0.6) is 0 Å². The molecule has 1 N–H and O–H groups in total. The molecule has 1 saturated heterocycles. The summed E-state index contributed by atoms with van der Waals surface area (Å²) >= 11 is 0. The number of benzene rings is 1. The average Bonchev–Trinajstić information content (AvgIpc) is 3.04. The standard InChI is InChI=1S/C21H27N3O5/c1-5-14(4)22-17(25)12-29-20(28)21-11-10-18(26)24(21)16-9-7-6-8-15(16)19(27)23(21)13(2)3/h6-9,13-14H,5,10-12H2,1-4H3,(H,22,25)/t14-,21-/m1/s1. The zero-order valence-corrected chi connectivity index (χ0v) is 17.2. The minimum absolute atomic E-state index is 0.0424. The van der Waals surface area contributed by atoms with E-state index in [0.717, 1.165) is 6.42 Å². The molecule has 0 bridgehead atoms. The Balaban J connectivity index is 1.97. The lowest BCUT2D eigenvalue weighted by atomic mass is 9.95. The van der Waals surface area contributed by atoms with E-state index in [1.54, 1.807) is 38.1 Å². The molecule has 1 fully saturated rings. The molecular formula is C21H27N3O5. The highest BCUT2D eigenvalue weighted by Crippen LogP contribution is 2.45. The Morgan fingerprint density at radius 3 is 2.55 bits per heavy atom. The first-order chi connectivity index (χ1) is 13.7. The number of para-hydroxylation sites is 1. The van der Waals surface area contributed by atoms with Gasteiger partial charge in [0, 0.05) is 24.9 Å². The number of fused-ring (bicyclic) bond motifs is 3. The summed E-state index contributed by atoms with van der Waals surface area (Å²) in [7, 11) is 0. The fourth-order valence-electron chi connectivity index (χ4n) is 4.04. The molecule has 0 spiro atoms. The number of carbonyl (C=O) groups is 4. The third-order valence-electron chi connectivity index (χ3n) is 5.50. The zero-order chi connectivity index (χ0) is 21.3. The summed E-state index contributed by atoms with van der Waals surface area (Å²) < 4.78 is 5.35. The zero-order valence-electron chi connectivity index (χ0n) is 17.2. The molecule has 2 atom stereocenters. The van der Waals surface area contributed by atoms with Crippen molar-refractivity contribution in [2.75, 3.05) is 11.5 Å². The summed E-state index contributed by atoms with van der Waals surface area (Å²) in [4.78, 5) is 54.2. The second-order valence-corrected chi connectivity index (χ2v) is 7.78. The summed E-state index contributed by atoms with van der Waals surface area (Å²) in [5.41, 5.74) is -0.805. The first-order valence-electron chi connectivity index (χ1n) is 9.96. The maximum absolute atomic E-state index is 13.3. The lowest BCUT2D eigenvalue weighted by Crippen LogP contribution is -2.70. The molecule has 0 aromatic heterocycles. The second-order valence-electron chi connectivity index (χ2n) is 7.78. The number of carbonyl (C=O) groups excluding carboxylic acids is 4. The number of amides is 3. The number of anilines is 1. The molecule has 0 unspecified atom stereocenters. The third kappa shape index (κ3) is 3.36. The quantitative estimate of drug-likeness (QED) is 0.734. The average molecular weight is 401 g/mol. The smallest absolute Gasteiger partial charge is 0.354 e. The molecule has 1 aromatic carbocycles. The van der Waals surface area contributed by atoms with Crippen LogP contribution < -0.4 is 10.2 Å². The van der Waals surface area contributed by atoms with Gasteiger partial charge in [-0.1, -0.05) is 19.1 Å². The Morgan fingerprint density at radius 2 is 1.90 bits per heavy atom. The van der Waals surface area contributed by atoms with E-state index < -0.39 is 24.1 Å². The van der Waals surface area contributed by atoms with Gasteiger partial charge in [-0.2, -0.15) is 0 Å². The number of nitrogens with one attached hydrogen (secondary N) is 1. The number of hydrogen-bond donors (Lipinski definition) is 1. The van der Waals surface area contributed by atoms with E-state index in [4.69, 9.17) is 4.74 Å². The molecule has 2 aliphatic rings. The molecule has 0 saturated carbocycles. The van der Waals surface area contributed by atoms with Crippen LogP contribution in [-0.4, -0.2) is 52.9 Å². The number of rotatable bonds is 6. The van der Waals surface area contributed by atoms with E-state index in [2.05, 4.69) is 5.32 Å². The first kappa shape index (κ1) is 20.8. The van der Waals surface area contributed by atoms with Crippen LogP contribution in [0, 0.1) is 0 Å². The van der Waals surface area contributed by atoms with E-state index in [9.17, 15) is 19.2 Å². The Morgan fingerprint density at radius 1 is 1.21 bits per heavy atom. The first-order valence-corrected chi connectivity index (χ1v) is 9.96. The summed E-state index contributed by atoms with van der Waals surface area (Å²) in [6.45, 7) is 6.90. The van der Waals surface area contributed by atoms with Crippen LogP contribution in [0.15, 0.2) is 24.3 Å². The van der Waals surface area contributed by atoms with E-state index in [1.807, 2.05) is 13.8 Å². The summed E-state index contributed by atoms with van der Waals surface area (Å²) in [6.07, 6.45) is 0.979. The SMILES string of the molecule is CC[C@@H](C)NC(=O)COC(=O)[C@@]12CCC(=O)N1c1ccccc1C(=O)N2C(C)C. The van der Waals surface area contributed by atoms with E-state index in [0.29, 0.717) is 11.3 Å². The number of ether oxygens (including phenoxy) is 1. The fraction of sp³-hybridized carbons (Fsp3) is 0.524. The fourth-order valence-corrected chi connectivity index (χ4v) is 4.04. The van der Waals surface area contributed by atoms with Crippen LogP contribution in [0.4, 0.5) is 5.69 Å². The molecule has 2 aliphatic heterocycles. The van der Waals surface area contributed by atoms with Crippen molar-refractivity contribution in [1.29, 1.82) is 0 Å². The van der Waals surface area contributed by atoms with Gasteiger partial charge in [-0.3, -0.25) is 19.3 Å². The van der Waals surface area contributed by atoms with Crippen LogP contribution in [0.1, 0.15) is 57.3 Å². The number of esters is 1. The summed E-state index contributed by atoms with van der Waals surface area (Å²) in [5.74, 6) is -1.77. The largest absolute Gasteiger partial charge is 0.452 e. The van der Waals surface area contributed by atoms with Crippen LogP contribution >= 0.6 is 0 Å². The maximum Gasteiger partial charge on any atom is 0.354 e. The van der Waals surface area contributed by atoms with Gasteiger partial charge < -0.3 is 15.0 Å². The molecule has 29 heavy (non-hydrogen) atoms. The van der Waals surface area contributed by atoms with Crippen molar-refractivity contribution in [3.05, 3.63) is 29.8 Å². The topological polar surface area (TPSA) is 96.0 Å². The monoisotopic (exact) mass is 401 g/mol. The normalized spacial score (nSPS) is 21.7. The van der Waals surface area contributed by atoms with Crippen molar-refractivity contribution in [2.45, 2.75) is 64.7 Å². The van der Waals surface area contributed by atoms with Crippen LogP contribution in [0.3, 0.4) is 0 Å². The van der Waals surface area contributed by atoms with Gasteiger partial charge in [-0.25, -0.2) is 4.79 Å². The number of hydrogen-bond acceptors (Lipinski definition) is 5. The lowest BCUT2D eigenvalue weighted by molar-refractivity contribution is -0.161. The third-order valence-corrected chi connectivity index (χ3v) is 5.50. The summed E-state index contributed by atoms with van der Waals surface area (Å²) in [5, 5.41) is 2.74. The molecule has 2 heterocycles. The van der Waals surface area contributed by atoms with Gasteiger partial charge in [0.15, 0.2) is 6.61 Å². The Bertz CT molecular complexity index is 852. The number of nitrogens with zero attached hydrogens (tertiary/aromatic N) is 2. The van der Waals surface area contributed by atoms with Gasteiger partial charge in [-0.15, -0.1) is 0 Å². The van der Waals surface area contributed by atoms with E-state index in [1.165, 1.54) is 9.80 Å². The molecule has 156 valence electrons. The highest BCUT2D eigenvalue weighted by atomic mass is 16.5. The minimum Gasteiger partial charge on any atom is -0.452 e. The molecule has 1 aromatic rings. The molecule has 0 aliphatic carbocycles. The molecule has 3 amide bonds.